The van der Waals surface area contributed by atoms with Crippen LogP contribution in [0.4, 0.5) is 10.5 Å². The summed E-state index contributed by atoms with van der Waals surface area (Å²) in [5.74, 6) is 0. The summed E-state index contributed by atoms with van der Waals surface area (Å²) in [5.41, 5.74) is 2.35. The molecule has 3 rings (SSSR count). The molecule has 2 aromatic rings. The van der Waals surface area contributed by atoms with Gasteiger partial charge in [0.05, 0.1) is 6.20 Å². The monoisotopic (exact) mass is 409 g/mol. The zero-order valence-corrected chi connectivity index (χ0v) is 17.1. The molecule has 0 aliphatic heterocycles. The molecular formula is C17H23N5O3S2. The molecule has 0 spiro atoms. The highest BCUT2D eigenvalue weighted by atomic mass is 32.2. The van der Waals surface area contributed by atoms with Crippen LogP contribution in [0.25, 0.3) is 0 Å². The molecule has 10 heteroatoms. The first-order valence-corrected chi connectivity index (χ1v) is 11.1. The van der Waals surface area contributed by atoms with Crippen LogP contribution in [0.15, 0.2) is 20.8 Å². The Morgan fingerprint density at radius 3 is 2.85 bits per heavy atom. The SMILES string of the molecule is CCc1cc(NC(=O)N=[S@@](N)(=O)c2cnc(C(C)(C)O)s2)c2c(n1)CCC2. The molecule has 1 atom stereocenters. The molecule has 8 nitrogen and oxygen atoms in total. The van der Waals surface area contributed by atoms with Crippen LogP contribution in [0.5, 0.6) is 0 Å². The fraction of sp³-hybridized carbons (Fsp3) is 0.471. The molecule has 146 valence electrons. The van der Waals surface area contributed by atoms with Gasteiger partial charge in [-0.15, -0.1) is 15.7 Å². The van der Waals surface area contributed by atoms with Crippen LogP contribution in [0, 0.1) is 0 Å². The van der Waals surface area contributed by atoms with Crippen molar-refractivity contribution in [2.45, 2.75) is 56.3 Å². The van der Waals surface area contributed by atoms with E-state index in [4.69, 9.17) is 5.14 Å². The van der Waals surface area contributed by atoms with Gasteiger partial charge in [0.1, 0.15) is 14.8 Å². The number of urea groups is 1. The number of carbonyl (C=O) groups is 1. The molecular weight excluding hydrogens is 386 g/mol. The lowest BCUT2D eigenvalue weighted by molar-refractivity contribution is 0.0783. The van der Waals surface area contributed by atoms with Crippen molar-refractivity contribution in [1.82, 2.24) is 9.97 Å². The van der Waals surface area contributed by atoms with Gasteiger partial charge in [-0.2, -0.15) is 0 Å². The van der Waals surface area contributed by atoms with Gasteiger partial charge in [-0.05, 0) is 51.2 Å². The third-order valence-corrected chi connectivity index (χ3v) is 7.41. The van der Waals surface area contributed by atoms with Crippen LogP contribution in [0.2, 0.25) is 0 Å². The fourth-order valence-electron chi connectivity index (χ4n) is 2.88. The predicted molar refractivity (Wildman–Crippen MR) is 105 cm³/mol. The minimum atomic E-state index is -3.46. The molecule has 2 amide bonds. The van der Waals surface area contributed by atoms with E-state index in [1.54, 1.807) is 13.8 Å². The molecule has 4 N–H and O–H groups in total. The Morgan fingerprint density at radius 1 is 1.48 bits per heavy atom. The molecule has 1 aliphatic rings. The van der Waals surface area contributed by atoms with Crippen molar-refractivity contribution in [3.8, 4) is 0 Å². The molecule has 2 aromatic heterocycles. The van der Waals surface area contributed by atoms with E-state index in [1.807, 2.05) is 13.0 Å². The van der Waals surface area contributed by atoms with E-state index < -0.39 is 21.5 Å². The van der Waals surface area contributed by atoms with E-state index in [1.165, 1.54) is 6.20 Å². The van der Waals surface area contributed by atoms with Gasteiger partial charge in [-0.3, -0.25) is 4.98 Å². The number of thiazole rings is 1. The predicted octanol–water partition coefficient (Wildman–Crippen LogP) is 2.75. The van der Waals surface area contributed by atoms with Gasteiger partial charge >= 0.3 is 6.03 Å². The number of carbonyl (C=O) groups excluding carboxylic acids is 1. The van der Waals surface area contributed by atoms with Crippen LogP contribution < -0.4 is 10.5 Å². The molecule has 0 radical (unpaired) electrons. The second-order valence-electron chi connectivity index (χ2n) is 6.93. The number of pyridine rings is 1. The van der Waals surface area contributed by atoms with Crippen LogP contribution in [0.1, 0.15) is 49.2 Å². The summed E-state index contributed by atoms with van der Waals surface area (Å²) in [7, 11) is -3.46. The van der Waals surface area contributed by atoms with Crippen molar-refractivity contribution in [3.63, 3.8) is 0 Å². The molecule has 2 heterocycles. The molecule has 1 aliphatic carbocycles. The first kappa shape index (κ1) is 19.9. The van der Waals surface area contributed by atoms with Gasteiger partial charge in [0.2, 0.25) is 0 Å². The number of nitrogens with zero attached hydrogens (tertiary/aromatic N) is 3. The van der Waals surface area contributed by atoms with Crippen molar-refractivity contribution in [3.05, 3.63) is 34.2 Å². The summed E-state index contributed by atoms with van der Waals surface area (Å²) in [6, 6.07) is 1.05. The van der Waals surface area contributed by atoms with Gasteiger partial charge in [0.25, 0.3) is 0 Å². The van der Waals surface area contributed by atoms with Gasteiger partial charge < -0.3 is 10.4 Å². The zero-order valence-electron chi connectivity index (χ0n) is 15.5. The molecule has 0 aromatic carbocycles. The first-order valence-electron chi connectivity index (χ1n) is 8.66. The number of aromatic nitrogens is 2. The third kappa shape index (κ3) is 4.34. The number of hydrogen-bond acceptors (Lipinski definition) is 6. The van der Waals surface area contributed by atoms with Crippen LogP contribution >= 0.6 is 11.3 Å². The number of hydrogen-bond donors (Lipinski definition) is 3. The van der Waals surface area contributed by atoms with Crippen LogP contribution in [0.3, 0.4) is 0 Å². The van der Waals surface area contributed by atoms with Crippen LogP contribution in [-0.2, 0) is 34.8 Å². The second kappa shape index (κ2) is 7.27. The van der Waals surface area contributed by atoms with E-state index in [9.17, 15) is 14.1 Å². The first-order chi connectivity index (χ1) is 12.6. The molecule has 0 fully saturated rings. The lowest BCUT2D eigenvalue weighted by Crippen LogP contribution is -2.17. The minimum Gasteiger partial charge on any atom is -0.383 e. The topological polar surface area (TPSA) is 131 Å². The number of aliphatic hydroxyl groups is 1. The number of anilines is 1. The Bertz CT molecular complexity index is 1000. The lowest BCUT2D eigenvalue weighted by Gasteiger charge is -2.12. The van der Waals surface area contributed by atoms with E-state index in [0.717, 1.165) is 54.0 Å². The Hall–Kier alpha value is -1.88. The number of fused-ring (bicyclic) bond motifs is 1. The van der Waals surface area contributed by atoms with E-state index in [-0.39, 0.29) is 4.21 Å². The maximum Gasteiger partial charge on any atom is 0.354 e. The number of amides is 2. The number of aryl methyl sites for hydroxylation is 2. The molecule has 27 heavy (non-hydrogen) atoms. The Labute approximate surface area is 162 Å². The lowest BCUT2D eigenvalue weighted by atomic mass is 10.1. The maximum atomic E-state index is 12.7. The maximum absolute atomic E-state index is 12.7. The summed E-state index contributed by atoms with van der Waals surface area (Å²) in [6.45, 7) is 5.12. The van der Waals surface area contributed by atoms with E-state index >= 15 is 0 Å². The summed E-state index contributed by atoms with van der Waals surface area (Å²) >= 11 is 0.976. The third-order valence-electron chi connectivity index (χ3n) is 4.22. The molecule has 0 unspecified atom stereocenters. The van der Waals surface area contributed by atoms with Crippen molar-refractivity contribution in [2.24, 2.45) is 9.50 Å². The average Bonchev–Trinajstić information content (AvgIpc) is 3.23. The van der Waals surface area contributed by atoms with Gasteiger partial charge in [0.15, 0.2) is 9.92 Å². The van der Waals surface area contributed by atoms with Crippen molar-refractivity contribution in [2.75, 3.05) is 5.32 Å². The largest absolute Gasteiger partial charge is 0.383 e. The van der Waals surface area contributed by atoms with E-state index in [2.05, 4.69) is 19.6 Å². The minimum absolute atomic E-state index is 0.143. The molecule has 0 bridgehead atoms. The normalized spacial score (nSPS) is 15.9. The molecule has 0 saturated heterocycles. The van der Waals surface area contributed by atoms with Crippen molar-refractivity contribution in [1.29, 1.82) is 0 Å². The summed E-state index contributed by atoms with van der Waals surface area (Å²) in [5, 5.41) is 18.8. The average molecular weight is 410 g/mol. The number of rotatable bonds is 4. The second-order valence-corrected chi connectivity index (χ2v) is 9.98. The van der Waals surface area contributed by atoms with E-state index in [0.29, 0.717) is 10.7 Å². The van der Waals surface area contributed by atoms with Crippen molar-refractivity contribution >= 4 is 33.0 Å². The Balaban J connectivity index is 1.88. The van der Waals surface area contributed by atoms with Crippen molar-refractivity contribution < 1.29 is 14.1 Å². The number of nitrogens with two attached hydrogens (primary N) is 1. The smallest absolute Gasteiger partial charge is 0.354 e. The summed E-state index contributed by atoms with van der Waals surface area (Å²) in [6.07, 6.45) is 4.75. The highest BCUT2D eigenvalue weighted by molar-refractivity contribution is 7.93. The molecule has 0 saturated carbocycles. The zero-order chi connectivity index (χ0) is 19.8. The quantitative estimate of drug-likeness (QED) is 0.715. The Kier molecular flexibility index (Phi) is 5.35. The van der Waals surface area contributed by atoms with Gasteiger partial charge in [-0.25, -0.2) is 19.1 Å². The Morgan fingerprint density at radius 2 is 2.22 bits per heavy atom. The standard InChI is InChI=1S/C17H23N5O3S2/c1-4-10-8-13(11-6-5-7-12(11)20-10)21-16(23)22-27(18,25)14-9-19-15(26-14)17(2,3)24/h8-9,24H,4-7H2,1-3H3,(H3,18,20,21,22,23,25)/t27-/m1/s1. The highest BCUT2D eigenvalue weighted by Gasteiger charge is 2.24. The van der Waals surface area contributed by atoms with Crippen LogP contribution in [-0.4, -0.2) is 25.3 Å². The highest BCUT2D eigenvalue weighted by Crippen LogP contribution is 2.30. The summed E-state index contributed by atoms with van der Waals surface area (Å²) in [4.78, 5) is 21.0. The van der Waals surface area contributed by atoms with Gasteiger partial charge in [-0.1, -0.05) is 6.92 Å². The van der Waals surface area contributed by atoms with Gasteiger partial charge in [0, 0.05) is 17.1 Å². The fourth-order valence-corrected chi connectivity index (χ4v) is 4.94. The number of nitrogens with one attached hydrogen (secondary N) is 1. The summed E-state index contributed by atoms with van der Waals surface area (Å²) < 4.78 is 16.5.